The van der Waals surface area contributed by atoms with Crippen molar-refractivity contribution in [2.75, 3.05) is 51.8 Å². The van der Waals surface area contributed by atoms with E-state index in [-0.39, 0.29) is 37.5 Å². The molecule has 0 spiro atoms. The van der Waals surface area contributed by atoms with Gasteiger partial charge in [-0.1, -0.05) is 0 Å². The molecule has 1 amide bonds. The molecule has 1 aliphatic rings. The Morgan fingerprint density at radius 1 is 0.907 bits per heavy atom. The number of hydrogen-bond acceptors (Lipinski definition) is 9. The molecule has 298 valence electrons. The van der Waals surface area contributed by atoms with E-state index < -0.39 is 47.3 Å². The molecule has 0 bridgehead atoms. The molecule has 3 N–H and O–H groups in total. The fourth-order valence-electron chi connectivity index (χ4n) is 4.80. The second-order valence-corrected chi connectivity index (χ2v) is 11.5. The third-order valence-corrected chi connectivity index (χ3v) is 7.48. The van der Waals surface area contributed by atoms with Crippen LogP contribution in [-0.4, -0.2) is 107 Å². The monoisotopic (exact) mass is 788 g/mol. The number of likely N-dealkylation sites (N-methyl/N-ethyl adjacent to an activating group) is 1. The lowest BCUT2D eigenvalue weighted by atomic mass is 9.74. The minimum atomic E-state index is -5.08. The van der Waals surface area contributed by atoms with Crippen molar-refractivity contribution in [3.8, 4) is 17.1 Å². The number of pyridine rings is 1. The highest BCUT2D eigenvalue weighted by Gasteiger charge is 2.45. The molecule has 22 heteroatoms. The summed E-state index contributed by atoms with van der Waals surface area (Å²) in [6, 6.07) is 9.62. The van der Waals surface area contributed by atoms with Gasteiger partial charge in [0.1, 0.15) is 5.82 Å². The molecule has 1 aromatic carbocycles. The molecule has 12 nitrogen and oxygen atoms in total. The van der Waals surface area contributed by atoms with Gasteiger partial charge in [-0.3, -0.25) is 4.79 Å². The number of carbonyl (C=O) groups is 3. The van der Waals surface area contributed by atoms with E-state index in [9.17, 15) is 48.7 Å². The molecule has 3 heterocycles. The lowest BCUT2D eigenvalue weighted by Crippen LogP contribution is -2.53. The van der Waals surface area contributed by atoms with Crippen LogP contribution in [0.1, 0.15) is 31.0 Å². The van der Waals surface area contributed by atoms with Crippen molar-refractivity contribution < 1.29 is 73.2 Å². The summed E-state index contributed by atoms with van der Waals surface area (Å²) < 4.78 is 123. The van der Waals surface area contributed by atoms with E-state index in [4.69, 9.17) is 24.5 Å². The zero-order valence-corrected chi connectivity index (χ0v) is 28.6. The first-order valence-corrected chi connectivity index (χ1v) is 15.5. The van der Waals surface area contributed by atoms with E-state index in [1.165, 1.54) is 0 Å². The summed E-state index contributed by atoms with van der Waals surface area (Å²) >= 11 is 0. The van der Waals surface area contributed by atoms with Crippen LogP contribution in [0.15, 0.2) is 48.7 Å². The number of hydrogen-bond donors (Lipinski definition) is 3. The van der Waals surface area contributed by atoms with Crippen LogP contribution in [-0.2, 0) is 26.0 Å². The Kier molecular flexibility index (Phi) is 15.5. The molecule has 4 rings (SSSR count). The second kappa shape index (κ2) is 18.7. The lowest BCUT2D eigenvalue weighted by Gasteiger charge is -2.41. The van der Waals surface area contributed by atoms with Gasteiger partial charge >= 0.3 is 30.5 Å². The second-order valence-electron chi connectivity index (χ2n) is 11.5. The SMILES string of the molecule is CCOc1ncccc1-c1ccc(C2(C(=O)NCCN(C)C)CCN(c3ccc(C(F)(F)F)cc3F)CC2)nn1.O=C(O)C(F)(F)F.O=C(O)C(F)(F)F. The van der Waals surface area contributed by atoms with Crippen LogP contribution in [0, 0.1) is 5.82 Å². The minimum absolute atomic E-state index is 0.0658. The lowest BCUT2D eigenvalue weighted by molar-refractivity contribution is -0.193. The van der Waals surface area contributed by atoms with Gasteiger partial charge < -0.3 is 30.1 Å². The Bertz CT molecular complexity index is 1690. The molecule has 54 heavy (non-hydrogen) atoms. The van der Waals surface area contributed by atoms with E-state index in [0.29, 0.717) is 48.6 Å². The molecule has 0 saturated carbocycles. The number of carboxylic acids is 2. The predicted molar refractivity (Wildman–Crippen MR) is 170 cm³/mol. The fraction of sp³-hybridized carbons (Fsp3) is 0.438. The average molecular weight is 789 g/mol. The highest BCUT2D eigenvalue weighted by molar-refractivity contribution is 5.88. The zero-order chi connectivity index (χ0) is 41.1. The van der Waals surface area contributed by atoms with Crippen LogP contribution < -0.4 is 15.0 Å². The quantitative estimate of drug-likeness (QED) is 0.233. The topological polar surface area (TPSA) is 158 Å². The number of carbonyl (C=O) groups excluding carboxylic acids is 1. The molecule has 0 atom stereocenters. The number of ether oxygens (including phenoxy) is 1. The van der Waals surface area contributed by atoms with Gasteiger partial charge in [-0.2, -0.15) is 49.7 Å². The molecular formula is C32H34F10N6O6. The van der Waals surface area contributed by atoms with Crippen LogP contribution >= 0.6 is 0 Å². The van der Waals surface area contributed by atoms with E-state index >= 15 is 0 Å². The summed E-state index contributed by atoms with van der Waals surface area (Å²) in [6.07, 6.45) is -12.6. The van der Waals surface area contributed by atoms with Gasteiger partial charge in [-0.05, 0) is 76.3 Å². The van der Waals surface area contributed by atoms with E-state index in [0.717, 1.165) is 12.1 Å². The van der Waals surface area contributed by atoms with Gasteiger partial charge in [-0.15, -0.1) is 0 Å². The third-order valence-electron chi connectivity index (χ3n) is 7.48. The number of carboxylic acid groups (broad SMARTS) is 2. The fourth-order valence-corrected chi connectivity index (χ4v) is 4.80. The van der Waals surface area contributed by atoms with Crippen LogP contribution in [0.4, 0.5) is 49.6 Å². The zero-order valence-electron chi connectivity index (χ0n) is 28.6. The van der Waals surface area contributed by atoms with E-state index in [1.54, 1.807) is 29.3 Å². The van der Waals surface area contributed by atoms with Crippen molar-refractivity contribution in [3.63, 3.8) is 0 Å². The summed E-state index contributed by atoms with van der Waals surface area (Å²) in [5.41, 5.74) is -0.358. The number of anilines is 1. The highest BCUT2D eigenvalue weighted by Crippen LogP contribution is 2.39. The maximum Gasteiger partial charge on any atom is 0.490 e. The van der Waals surface area contributed by atoms with Gasteiger partial charge in [0, 0.05) is 32.4 Å². The number of alkyl halides is 9. The van der Waals surface area contributed by atoms with Crippen LogP contribution in [0.3, 0.4) is 0 Å². The van der Waals surface area contributed by atoms with E-state index in [1.807, 2.05) is 32.0 Å². The number of amides is 1. The summed E-state index contributed by atoms with van der Waals surface area (Å²) in [6.45, 7) is 3.82. The largest absolute Gasteiger partial charge is 0.490 e. The number of aromatic nitrogens is 3. The first-order chi connectivity index (χ1) is 24.9. The Morgan fingerprint density at radius 3 is 1.93 bits per heavy atom. The van der Waals surface area contributed by atoms with Gasteiger partial charge in [-0.25, -0.2) is 19.0 Å². The van der Waals surface area contributed by atoms with Gasteiger partial charge in [0.2, 0.25) is 11.8 Å². The highest BCUT2D eigenvalue weighted by atomic mass is 19.4. The summed E-state index contributed by atoms with van der Waals surface area (Å²) in [4.78, 5) is 39.3. The summed E-state index contributed by atoms with van der Waals surface area (Å²) in [5, 5.41) is 26.1. The summed E-state index contributed by atoms with van der Waals surface area (Å²) in [5.74, 6) is -6.26. The number of nitrogens with one attached hydrogen (secondary N) is 1. The summed E-state index contributed by atoms with van der Waals surface area (Å²) in [7, 11) is 3.80. The average Bonchev–Trinajstić information content (AvgIpc) is 3.08. The Labute approximate surface area is 300 Å². The van der Waals surface area contributed by atoms with Crippen molar-refractivity contribution in [1.29, 1.82) is 0 Å². The standard InChI is InChI=1S/C28H32F4N6O2.2C2HF3O2/c1-4-40-25-20(6-5-13-33-25)22-8-10-24(36-35-22)27(26(39)34-14-17-37(2)3)11-15-38(16-12-27)23-9-7-19(18-21(23)29)28(30,31)32;2*3-2(4,5)1(6)7/h5-10,13,18H,4,11-12,14-17H2,1-3H3,(H,34,39);2*(H,6,7). The van der Waals surface area contributed by atoms with Crippen molar-refractivity contribution in [1.82, 2.24) is 25.4 Å². The molecule has 2 aromatic heterocycles. The number of rotatable bonds is 9. The maximum atomic E-state index is 14.7. The predicted octanol–water partition coefficient (Wildman–Crippen LogP) is 5.58. The molecule has 0 aliphatic carbocycles. The molecule has 1 saturated heterocycles. The molecule has 0 radical (unpaired) electrons. The first kappa shape index (κ1) is 44.9. The number of aliphatic carboxylic acids is 2. The Morgan fingerprint density at radius 2 is 1.48 bits per heavy atom. The van der Waals surface area contributed by atoms with Crippen molar-refractivity contribution in [2.24, 2.45) is 0 Å². The van der Waals surface area contributed by atoms with Crippen LogP contribution in [0.5, 0.6) is 5.88 Å². The first-order valence-electron chi connectivity index (χ1n) is 15.5. The van der Waals surface area contributed by atoms with E-state index in [2.05, 4.69) is 20.5 Å². The molecule has 0 unspecified atom stereocenters. The van der Waals surface area contributed by atoms with Gasteiger partial charge in [0.25, 0.3) is 0 Å². The van der Waals surface area contributed by atoms with Crippen molar-refractivity contribution in [2.45, 2.75) is 43.7 Å². The molecule has 1 aliphatic heterocycles. The third kappa shape index (κ3) is 12.7. The Balaban J connectivity index is 0.000000610. The van der Waals surface area contributed by atoms with Crippen LogP contribution in [0.2, 0.25) is 0 Å². The van der Waals surface area contributed by atoms with Crippen molar-refractivity contribution in [3.05, 3.63) is 65.7 Å². The number of benzene rings is 1. The molecule has 3 aromatic rings. The van der Waals surface area contributed by atoms with Gasteiger partial charge in [0.15, 0.2) is 0 Å². The van der Waals surface area contributed by atoms with Crippen molar-refractivity contribution >= 4 is 23.5 Å². The minimum Gasteiger partial charge on any atom is -0.477 e. The molecular weight excluding hydrogens is 754 g/mol. The number of nitrogens with zero attached hydrogens (tertiary/aromatic N) is 5. The number of halogens is 10. The number of piperidine rings is 1. The van der Waals surface area contributed by atoms with Crippen LogP contribution in [0.25, 0.3) is 11.3 Å². The van der Waals surface area contributed by atoms with Gasteiger partial charge in [0.05, 0.1) is 40.2 Å². The maximum absolute atomic E-state index is 14.7. The normalized spacial score (nSPS) is 14.2. The smallest absolute Gasteiger partial charge is 0.477 e. The molecule has 1 fully saturated rings. The Hall–Kier alpha value is -5.28.